The zero-order chi connectivity index (χ0) is 14.8. The van der Waals surface area contributed by atoms with Gasteiger partial charge >= 0.3 is 0 Å². The van der Waals surface area contributed by atoms with Crippen molar-refractivity contribution >= 4 is 17.4 Å². The van der Waals surface area contributed by atoms with Crippen molar-refractivity contribution in [3.63, 3.8) is 0 Å². The van der Waals surface area contributed by atoms with Crippen LogP contribution in [0.15, 0.2) is 29.2 Å². The van der Waals surface area contributed by atoms with Crippen molar-refractivity contribution in [2.75, 3.05) is 24.7 Å². The normalized spacial score (nSPS) is 29.6. The predicted molar refractivity (Wildman–Crippen MR) is 93.2 cm³/mol. The maximum absolute atomic E-state index is 3.88. The molecular formula is C18H28N2S. The number of thioether (sulfide) groups is 1. The predicted octanol–water partition coefficient (Wildman–Crippen LogP) is 4.33. The van der Waals surface area contributed by atoms with E-state index in [0.717, 1.165) is 11.8 Å². The van der Waals surface area contributed by atoms with Gasteiger partial charge in [0.15, 0.2) is 0 Å². The summed E-state index contributed by atoms with van der Waals surface area (Å²) in [5.74, 6) is 1.63. The number of benzene rings is 1. The lowest BCUT2D eigenvalue weighted by atomic mass is 9.73. The Bertz CT molecular complexity index is 460. The summed E-state index contributed by atoms with van der Waals surface area (Å²) in [6, 6.07) is 10.3. The third-order valence-electron chi connectivity index (χ3n) is 5.24. The van der Waals surface area contributed by atoms with Crippen molar-refractivity contribution in [2.24, 2.45) is 11.8 Å². The number of nitrogens with one attached hydrogen (secondary N) is 1. The number of fused-ring (bicyclic) bond motifs is 2. The van der Waals surface area contributed by atoms with Crippen LogP contribution in [0.2, 0.25) is 0 Å². The third-order valence-corrected chi connectivity index (χ3v) is 5.96. The average molecular weight is 305 g/mol. The van der Waals surface area contributed by atoms with E-state index in [1.807, 2.05) is 11.8 Å². The fourth-order valence-electron chi connectivity index (χ4n) is 4.04. The van der Waals surface area contributed by atoms with E-state index < -0.39 is 0 Å². The maximum Gasteiger partial charge on any atom is 0.0353 e. The average Bonchev–Trinajstić information content (AvgIpc) is 2.47. The smallest absolute Gasteiger partial charge is 0.0353 e. The van der Waals surface area contributed by atoms with Crippen LogP contribution >= 0.6 is 11.8 Å². The summed E-state index contributed by atoms with van der Waals surface area (Å²) in [5, 5.41) is 3.88. The van der Waals surface area contributed by atoms with Crippen molar-refractivity contribution in [1.82, 2.24) is 4.90 Å². The monoisotopic (exact) mass is 304 g/mol. The third kappa shape index (κ3) is 3.40. The number of hydrogen-bond acceptors (Lipinski definition) is 3. The molecule has 116 valence electrons. The standard InChI is InChI=1S/C18H28N2S/c1-13(2)20-11-14-6-4-7-15(12-20)18(14)19-16-8-5-9-17(10-16)21-3/h5,8-10,13-15,18-19H,4,6-7,11-12H2,1-3H3. The van der Waals surface area contributed by atoms with Crippen LogP contribution in [0, 0.1) is 11.8 Å². The molecule has 1 aromatic rings. The van der Waals surface area contributed by atoms with Crippen molar-refractivity contribution < 1.29 is 0 Å². The van der Waals surface area contributed by atoms with Gasteiger partial charge in [0.05, 0.1) is 0 Å². The van der Waals surface area contributed by atoms with Crippen LogP contribution in [0.3, 0.4) is 0 Å². The molecule has 3 rings (SSSR count). The molecule has 3 heteroatoms. The maximum atomic E-state index is 3.88. The van der Waals surface area contributed by atoms with Crippen LogP contribution in [-0.4, -0.2) is 36.3 Å². The van der Waals surface area contributed by atoms with E-state index in [2.05, 4.69) is 54.6 Å². The Labute approximate surface area is 133 Å². The molecule has 1 heterocycles. The molecular weight excluding hydrogens is 276 g/mol. The van der Waals surface area contributed by atoms with Crippen LogP contribution in [-0.2, 0) is 0 Å². The summed E-state index contributed by atoms with van der Waals surface area (Å²) in [4.78, 5) is 4.04. The number of likely N-dealkylation sites (tertiary alicyclic amines) is 1. The van der Waals surface area contributed by atoms with Gasteiger partial charge in [0.25, 0.3) is 0 Å². The molecule has 1 saturated carbocycles. The minimum Gasteiger partial charge on any atom is -0.382 e. The number of anilines is 1. The van der Waals surface area contributed by atoms with Gasteiger partial charge in [-0.1, -0.05) is 12.5 Å². The molecule has 1 aliphatic carbocycles. The minimum atomic E-state index is 0.672. The van der Waals surface area contributed by atoms with Crippen LogP contribution in [0.4, 0.5) is 5.69 Å². The molecule has 0 aromatic heterocycles. The highest BCUT2D eigenvalue weighted by atomic mass is 32.2. The number of hydrogen-bond donors (Lipinski definition) is 1. The Morgan fingerprint density at radius 1 is 1.19 bits per heavy atom. The molecule has 21 heavy (non-hydrogen) atoms. The molecule has 2 nitrogen and oxygen atoms in total. The molecule has 0 spiro atoms. The van der Waals surface area contributed by atoms with Crippen molar-refractivity contribution in [3.8, 4) is 0 Å². The molecule has 0 radical (unpaired) electrons. The first kappa shape index (κ1) is 15.2. The lowest BCUT2D eigenvalue weighted by Crippen LogP contribution is -2.56. The topological polar surface area (TPSA) is 15.3 Å². The summed E-state index contributed by atoms with van der Waals surface area (Å²) in [6.45, 7) is 7.22. The first-order chi connectivity index (χ1) is 10.2. The van der Waals surface area contributed by atoms with Crippen molar-refractivity contribution in [2.45, 2.75) is 50.1 Å². The van der Waals surface area contributed by atoms with E-state index in [4.69, 9.17) is 0 Å². The van der Waals surface area contributed by atoms with Gasteiger partial charge in [0.2, 0.25) is 0 Å². The largest absolute Gasteiger partial charge is 0.382 e. The molecule has 2 unspecified atom stereocenters. The Morgan fingerprint density at radius 2 is 1.90 bits per heavy atom. The molecule has 0 amide bonds. The van der Waals surface area contributed by atoms with Gasteiger partial charge < -0.3 is 10.2 Å². The molecule has 2 aliphatic rings. The SMILES string of the molecule is CSc1cccc(NC2C3CCCC2CN(C(C)C)C3)c1. The lowest BCUT2D eigenvalue weighted by molar-refractivity contribution is 0.0518. The highest BCUT2D eigenvalue weighted by Crippen LogP contribution is 2.37. The van der Waals surface area contributed by atoms with Gasteiger partial charge in [-0.05, 0) is 63.0 Å². The number of piperidine rings is 1. The molecule has 2 atom stereocenters. The van der Waals surface area contributed by atoms with Crippen molar-refractivity contribution in [1.29, 1.82) is 0 Å². The zero-order valence-corrected chi connectivity index (χ0v) is 14.3. The van der Waals surface area contributed by atoms with Crippen molar-refractivity contribution in [3.05, 3.63) is 24.3 Å². The fraction of sp³-hybridized carbons (Fsp3) is 0.667. The van der Waals surface area contributed by atoms with E-state index in [9.17, 15) is 0 Å². The number of nitrogens with zero attached hydrogens (tertiary/aromatic N) is 1. The Hall–Kier alpha value is -0.670. The van der Waals surface area contributed by atoms with E-state index >= 15 is 0 Å². The summed E-state index contributed by atoms with van der Waals surface area (Å²) in [6.07, 6.45) is 6.35. The van der Waals surface area contributed by atoms with Gasteiger partial charge in [-0.15, -0.1) is 11.8 Å². The highest BCUT2D eigenvalue weighted by molar-refractivity contribution is 7.98. The van der Waals surface area contributed by atoms with E-state index in [0.29, 0.717) is 12.1 Å². The molecule has 1 saturated heterocycles. The molecule has 1 aliphatic heterocycles. The molecule has 2 bridgehead atoms. The highest BCUT2D eigenvalue weighted by Gasteiger charge is 2.39. The summed E-state index contributed by atoms with van der Waals surface area (Å²) >= 11 is 1.82. The van der Waals surface area contributed by atoms with Crippen LogP contribution in [0.5, 0.6) is 0 Å². The Kier molecular flexibility index (Phi) is 4.80. The molecule has 1 aromatic carbocycles. The first-order valence-electron chi connectivity index (χ1n) is 8.32. The van der Waals surface area contributed by atoms with E-state index in [1.54, 1.807) is 0 Å². The lowest BCUT2D eigenvalue weighted by Gasteiger charge is -2.49. The minimum absolute atomic E-state index is 0.672. The van der Waals surface area contributed by atoms with Gasteiger partial charge in [-0.3, -0.25) is 0 Å². The van der Waals surface area contributed by atoms with Gasteiger partial charge in [-0.25, -0.2) is 0 Å². The van der Waals surface area contributed by atoms with Crippen LogP contribution in [0.1, 0.15) is 33.1 Å². The Balaban J connectivity index is 1.73. The second-order valence-electron chi connectivity index (χ2n) is 6.90. The fourth-order valence-corrected chi connectivity index (χ4v) is 4.50. The van der Waals surface area contributed by atoms with E-state index in [-0.39, 0.29) is 0 Å². The quantitative estimate of drug-likeness (QED) is 0.834. The first-order valence-corrected chi connectivity index (χ1v) is 9.54. The van der Waals surface area contributed by atoms with Crippen LogP contribution in [0.25, 0.3) is 0 Å². The van der Waals surface area contributed by atoms with Gasteiger partial charge in [-0.2, -0.15) is 0 Å². The number of rotatable bonds is 4. The van der Waals surface area contributed by atoms with Gasteiger partial charge in [0.1, 0.15) is 0 Å². The van der Waals surface area contributed by atoms with Crippen LogP contribution < -0.4 is 5.32 Å². The van der Waals surface area contributed by atoms with Gasteiger partial charge in [0, 0.05) is 35.8 Å². The second-order valence-corrected chi connectivity index (χ2v) is 7.78. The summed E-state index contributed by atoms with van der Waals surface area (Å²) in [5.41, 5.74) is 1.31. The summed E-state index contributed by atoms with van der Waals surface area (Å²) < 4.78 is 0. The molecule has 2 fully saturated rings. The van der Waals surface area contributed by atoms with E-state index in [1.165, 1.54) is 42.9 Å². The Morgan fingerprint density at radius 3 is 2.52 bits per heavy atom. The molecule has 1 N–H and O–H groups in total. The summed E-state index contributed by atoms with van der Waals surface area (Å²) in [7, 11) is 0. The zero-order valence-electron chi connectivity index (χ0n) is 13.5. The second kappa shape index (κ2) is 6.62.